The number of halogens is 2. The number of fused-ring (bicyclic) bond motifs is 2. The summed E-state index contributed by atoms with van der Waals surface area (Å²) in [6.07, 6.45) is 7.83. The van der Waals surface area contributed by atoms with E-state index in [-0.39, 0.29) is 30.7 Å². The van der Waals surface area contributed by atoms with Crippen molar-refractivity contribution >= 4 is 18.1 Å². The van der Waals surface area contributed by atoms with Gasteiger partial charge in [0.15, 0.2) is 11.3 Å². The van der Waals surface area contributed by atoms with Crippen LogP contribution in [-0.4, -0.2) is 51.4 Å². The Labute approximate surface area is 203 Å². The number of anilines is 1. The summed E-state index contributed by atoms with van der Waals surface area (Å²) in [5, 5.41) is 0. The van der Waals surface area contributed by atoms with Gasteiger partial charge in [0, 0.05) is 26.7 Å². The van der Waals surface area contributed by atoms with Gasteiger partial charge in [-0.05, 0) is 17.2 Å². The lowest BCUT2D eigenvalue weighted by Crippen LogP contribution is -3.00. The number of ether oxygens (including phenoxy) is 2. The summed E-state index contributed by atoms with van der Waals surface area (Å²) in [6.45, 7) is 5.17. The number of nitrogens with zero attached hydrogens (tertiary/aromatic N) is 2. The normalized spacial score (nSPS) is 19.6. The van der Waals surface area contributed by atoms with Crippen LogP contribution in [0, 0.1) is 6.08 Å². The first-order chi connectivity index (χ1) is 14.8. The molecule has 4 nitrogen and oxygen atoms in total. The fourth-order valence-electron chi connectivity index (χ4n) is 4.50. The Bertz CT molecular complexity index is 998. The molecule has 0 bridgehead atoms. The average Bonchev–Trinajstić information content (AvgIpc) is 2.81. The minimum absolute atomic E-state index is 0. The van der Waals surface area contributed by atoms with Crippen molar-refractivity contribution in [1.82, 2.24) is 4.90 Å². The largest absolute Gasteiger partial charge is 1.00 e. The van der Waals surface area contributed by atoms with E-state index in [4.69, 9.17) is 9.47 Å². The van der Waals surface area contributed by atoms with Crippen LogP contribution in [0.5, 0.6) is 0 Å². The van der Waals surface area contributed by atoms with Gasteiger partial charge in [-0.2, -0.15) is 0 Å². The molecule has 0 saturated carbocycles. The maximum atomic E-state index is 6.13. The molecule has 3 aliphatic rings. The average molecular weight is 471 g/mol. The van der Waals surface area contributed by atoms with Crippen LogP contribution < -0.4 is 17.3 Å². The first-order valence-electron chi connectivity index (χ1n) is 10.7. The fourth-order valence-corrected chi connectivity index (χ4v) is 4.50. The number of likely N-dealkylation sites (N-methyl/N-ethyl adjacent to an activating group) is 1. The van der Waals surface area contributed by atoms with Crippen LogP contribution in [0.2, 0.25) is 0 Å². The number of hydrogen-bond acceptors (Lipinski definition) is 4. The standard InChI is InChI=1S/C26H27N2O2.2ClH/c1-27-24-10-6-5-9-22(24)26(20-7-3-2-4-8-20)23-19-21(11-12-25(23)27)30-18-15-28-13-16-29-17-14-28;;/h2-12,26H,13-18H2,1H3;2*1H/q+1;;/p-1. The quantitative estimate of drug-likeness (QED) is 0.619. The Morgan fingerprint density at radius 1 is 1.00 bits per heavy atom. The first kappa shape index (κ1) is 24.3. The van der Waals surface area contributed by atoms with E-state index in [1.165, 1.54) is 28.1 Å². The van der Waals surface area contributed by atoms with E-state index in [1.807, 2.05) is 6.08 Å². The SMILES string of the molecule is CN1C2=CC=C(OCCN3CCOCC3)[C+]=C2C(c2ccccc2)c2ccccc21.Cl.[Cl-]. The van der Waals surface area contributed by atoms with Crippen LogP contribution in [0.4, 0.5) is 5.69 Å². The summed E-state index contributed by atoms with van der Waals surface area (Å²) in [5.41, 5.74) is 6.18. The van der Waals surface area contributed by atoms with Gasteiger partial charge in [0.25, 0.3) is 5.76 Å². The number of allylic oxidation sites excluding steroid dienone is 4. The van der Waals surface area contributed by atoms with Gasteiger partial charge in [-0.3, -0.25) is 9.80 Å². The minimum Gasteiger partial charge on any atom is -1.00 e. The topological polar surface area (TPSA) is 24.9 Å². The Hall–Kier alpha value is -2.33. The third kappa shape index (κ3) is 4.85. The highest BCUT2D eigenvalue weighted by atomic mass is 35.5. The van der Waals surface area contributed by atoms with Crippen molar-refractivity contribution in [3.05, 3.63) is 101 Å². The van der Waals surface area contributed by atoms with Crippen molar-refractivity contribution in [2.45, 2.75) is 5.92 Å². The molecule has 1 aliphatic carbocycles. The molecule has 32 heavy (non-hydrogen) atoms. The molecule has 2 aromatic rings. The van der Waals surface area contributed by atoms with Crippen molar-refractivity contribution in [1.29, 1.82) is 0 Å². The molecule has 0 amide bonds. The second-order valence-corrected chi connectivity index (χ2v) is 7.89. The zero-order valence-electron chi connectivity index (χ0n) is 18.2. The van der Waals surface area contributed by atoms with Gasteiger partial charge in [0.05, 0.1) is 43.0 Å². The zero-order valence-corrected chi connectivity index (χ0v) is 19.7. The lowest BCUT2D eigenvalue weighted by molar-refractivity contribution is -0.0000101. The predicted octanol–water partition coefficient (Wildman–Crippen LogP) is 1.55. The third-order valence-corrected chi connectivity index (χ3v) is 6.09. The number of hydrogen-bond donors (Lipinski definition) is 0. The number of benzene rings is 2. The summed E-state index contributed by atoms with van der Waals surface area (Å²) in [5.74, 6) is 0.965. The summed E-state index contributed by atoms with van der Waals surface area (Å²) in [7, 11) is 2.13. The van der Waals surface area contributed by atoms with Gasteiger partial charge in [-0.1, -0.05) is 48.5 Å². The van der Waals surface area contributed by atoms with E-state index < -0.39 is 0 Å². The van der Waals surface area contributed by atoms with Gasteiger partial charge >= 0.3 is 0 Å². The highest BCUT2D eigenvalue weighted by molar-refractivity contribution is 5.85. The molecule has 0 spiro atoms. The fraction of sp³-hybridized carbons (Fsp3) is 0.308. The molecule has 168 valence electrons. The van der Waals surface area contributed by atoms with Crippen LogP contribution >= 0.6 is 12.4 Å². The predicted molar refractivity (Wildman–Crippen MR) is 127 cm³/mol. The van der Waals surface area contributed by atoms with E-state index >= 15 is 0 Å². The molecule has 1 unspecified atom stereocenters. The summed E-state index contributed by atoms with van der Waals surface area (Å²) < 4.78 is 11.6. The maximum Gasteiger partial charge on any atom is 0.289 e. The van der Waals surface area contributed by atoms with E-state index in [0.717, 1.165) is 38.6 Å². The molecular formula is C26H28Cl2N2O2. The van der Waals surface area contributed by atoms with E-state index in [0.29, 0.717) is 6.61 Å². The molecule has 0 radical (unpaired) electrons. The number of rotatable bonds is 5. The van der Waals surface area contributed by atoms with Crippen molar-refractivity contribution in [2.24, 2.45) is 0 Å². The Balaban J connectivity index is 0.00000144. The molecule has 2 aliphatic heterocycles. The molecular weight excluding hydrogens is 443 g/mol. The number of para-hydroxylation sites is 1. The van der Waals surface area contributed by atoms with Crippen molar-refractivity contribution < 1.29 is 21.9 Å². The van der Waals surface area contributed by atoms with Gasteiger partial charge < -0.3 is 21.9 Å². The lowest BCUT2D eigenvalue weighted by Gasteiger charge is -2.33. The van der Waals surface area contributed by atoms with Crippen LogP contribution in [0.1, 0.15) is 17.0 Å². The second kappa shape index (κ2) is 11.0. The summed E-state index contributed by atoms with van der Waals surface area (Å²) >= 11 is 0. The van der Waals surface area contributed by atoms with Crippen LogP contribution in [0.3, 0.4) is 0 Å². The first-order valence-corrected chi connectivity index (χ1v) is 10.7. The molecule has 6 heteroatoms. The number of morpholine rings is 1. The Morgan fingerprint density at radius 2 is 1.72 bits per heavy atom. The summed E-state index contributed by atoms with van der Waals surface area (Å²) in [4.78, 5) is 4.65. The van der Waals surface area contributed by atoms with Crippen LogP contribution in [0.25, 0.3) is 0 Å². The van der Waals surface area contributed by atoms with Crippen molar-refractivity contribution in [3.8, 4) is 0 Å². The van der Waals surface area contributed by atoms with Crippen molar-refractivity contribution in [2.75, 3.05) is 51.4 Å². The highest BCUT2D eigenvalue weighted by Gasteiger charge is 2.40. The Kier molecular flexibility index (Phi) is 8.36. The minimum atomic E-state index is 0. The van der Waals surface area contributed by atoms with Gasteiger partial charge in [0.1, 0.15) is 6.61 Å². The molecule has 2 aromatic carbocycles. The molecule has 5 rings (SSSR count). The van der Waals surface area contributed by atoms with Gasteiger partial charge in [-0.15, -0.1) is 12.4 Å². The second-order valence-electron chi connectivity index (χ2n) is 7.89. The van der Waals surface area contributed by atoms with Crippen LogP contribution in [0.15, 0.2) is 83.8 Å². The van der Waals surface area contributed by atoms with E-state index in [1.54, 1.807) is 0 Å². The molecule has 1 saturated heterocycles. The summed E-state index contributed by atoms with van der Waals surface area (Å²) in [6, 6.07) is 19.3. The lowest BCUT2D eigenvalue weighted by atomic mass is 9.78. The zero-order chi connectivity index (χ0) is 20.3. The highest BCUT2D eigenvalue weighted by Crippen LogP contribution is 2.47. The maximum absolute atomic E-state index is 6.13. The van der Waals surface area contributed by atoms with Crippen LogP contribution in [-0.2, 0) is 9.47 Å². The van der Waals surface area contributed by atoms with E-state index in [2.05, 4.69) is 83.6 Å². The van der Waals surface area contributed by atoms with Gasteiger partial charge in [-0.25, -0.2) is 0 Å². The Morgan fingerprint density at radius 3 is 2.50 bits per heavy atom. The molecule has 0 aromatic heterocycles. The van der Waals surface area contributed by atoms with Crippen molar-refractivity contribution in [3.63, 3.8) is 0 Å². The smallest absolute Gasteiger partial charge is 0.289 e. The third-order valence-electron chi connectivity index (χ3n) is 6.09. The molecule has 0 N–H and O–H groups in total. The molecule has 1 fully saturated rings. The monoisotopic (exact) mass is 470 g/mol. The molecule has 2 heterocycles. The molecule has 1 atom stereocenters. The van der Waals surface area contributed by atoms with E-state index in [9.17, 15) is 0 Å². The van der Waals surface area contributed by atoms with Gasteiger partial charge in [0.2, 0.25) is 0 Å².